The van der Waals surface area contributed by atoms with Crippen LogP contribution in [0.5, 0.6) is 0 Å². The number of aromatic nitrogens is 2. The molecule has 1 N–H and O–H groups in total. The lowest BCUT2D eigenvalue weighted by molar-refractivity contribution is 0.426. The minimum absolute atomic E-state index is 0.454. The quantitative estimate of drug-likeness (QED) is 0.737. The van der Waals surface area contributed by atoms with E-state index < -0.39 is 0 Å². The van der Waals surface area contributed by atoms with E-state index >= 15 is 0 Å². The summed E-state index contributed by atoms with van der Waals surface area (Å²) >= 11 is 0. The van der Waals surface area contributed by atoms with Gasteiger partial charge >= 0.3 is 0 Å². The fourth-order valence-corrected chi connectivity index (χ4v) is 2.87. The average molecular weight is 279 g/mol. The van der Waals surface area contributed by atoms with E-state index in [-0.39, 0.29) is 0 Å². The SMILES string of the molecule is CCNC(CC)c1c(CC)nn(CC(C)CC)c1CC. The van der Waals surface area contributed by atoms with Gasteiger partial charge in [0.15, 0.2) is 0 Å². The van der Waals surface area contributed by atoms with Gasteiger partial charge in [0.1, 0.15) is 0 Å². The summed E-state index contributed by atoms with van der Waals surface area (Å²) in [7, 11) is 0. The molecule has 3 nitrogen and oxygen atoms in total. The fraction of sp³-hybridized carbons (Fsp3) is 0.824. The number of rotatable bonds is 9. The summed E-state index contributed by atoms with van der Waals surface area (Å²) < 4.78 is 2.28. The maximum atomic E-state index is 4.92. The third-order valence-corrected chi connectivity index (χ3v) is 4.23. The number of aryl methyl sites for hydroxylation is 1. The van der Waals surface area contributed by atoms with E-state index in [0.717, 1.165) is 32.4 Å². The molecule has 1 heterocycles. The van der Waals surface area contributed by atoms with Gasteiger partial charge in [0.25, 0.3) is 0 Å². The Labute approximate surface area is 125 Å². The maximum absolute atomic E-state index is 4.92. The molecule has 20 heavy (non-hydrogen) atoms. The second kappa shape index (κ2) is 8.46. The lowest BCUT2D eigenvalue weighted by Crippen LogP contribution is -2.22. The molecule has 0 fully saturated rings. The molecule has 0 spiro atoms. The third-order valence-electron chi connectivity index (χ3n) is 4.23. The van der Waals surface area contributed by atoms with Crippen molar-refractivity contribution in [1.82, 2.24) is 15.1 Å². The Hall–Kier alpha value is -0.830. The summed E-state index contributed by atoms with van der Waals surface area (Å²) in [5.41, 5.74) is 4.20. The molecule has 116 valence electrons. The van der Waals surface area contributed by atoms with Crippen LogP contribution in [-0.4, -0.2) is 16.3 Å². The van der Waals surface area contributed by atoms with Gasteiger partial charge in [0.2, 0.25) is 0 Å². The highest BCUT2D eigenvalue weighted by Gasteiger charge is 2.22. The predicted octanol–water partition coefficient (Wildman–Crippen LogP) is 4.11. The molecule has 0 aliphatic heterocycles. The van der Waals surface area contributed by atoms with Crippen LogP contribution in [0.25, 0.3) is 0 Å². The van der Waals surface area contributed by atoms with Gasteiger partial charge in [0, 0.05) is 23.8 Å². The van der Waals surface area contributed by atoms with Gasteiger partial charge in [-0.05, 0) is 31.7 Å². The van der Waals surface area contributed by atoms with Crippen molar-refractivity contribution in [3.8, 4) is 0 Å². The molecule has 0 aliphatic rings. The van der Waals surface area contributed by atoms with Crippen molar-refractivity contribution >= 4 is 0 Å². The normalized spacial score (nSPS) is 14.5. The molecule has 0 aromatic carbocycles. The highest BCUT2D eigenvalue weighted by atomic mass is 15.3. The first-order valence-corrected chi connectivity index (χ1v) is 8.44. The Kier molecular flexibility index (Phi) is 7.28. The molecule has 0 radical (unpaired) electrons. The number of hydrogen-bond donors (Lipinski definition) is 1. The van der Waals surface area contributed by atoms with Crippen molar-refractivity contribution in [1.29, 1.82) is 0 Å². The van der Waals surface area contributed by atoms with Gasteiger partial charge in [-0.2, -0.15) is 5.10 Å². The van der Waals surface area contributed by atoms with Crippen molar-refractivity contribution in [3.05, 3.63) is 17.0 Å². The van der Waals surface area contributed by atoms with Crippen molar-refractivity contribution < 1.29 is 0 Å². The zero-order valence-electron chi connectivity index (χ0n) is 14.3. The van der Waals surface area contributed by atoms with Crippen LogP contribution in [0.4, 0.5) is 0 Å². The molecule has 1 aromatic heterocycles. The summed E-state index contributed by atoms with van der Waals surface area (Å²) in [5.74, 6) is 0.692. The minimum atomic E-state index is 0.454. The molecule has 2 atom stereocenters. The van der Waals surface area contributed by atoms with Gasteiger partial charge in [-0.15, -0.1) is 0 Å². The highest BCUT2D eigenvalue weighted by Crippen LogP contribution is 2.27. The van der Waals surface area contributed by atoms with E-state index in [1.807, 2.05) is 0 Å². The molecule has 0 aliphatic carbocycles. The standard InChI is InChI=1S/C17H33N3/c1-7-13(6)12-20-16(10-4)17(15(9-3)19-20)14(8-2)18-11-5/h13-14,18H,7-12H2,1-6H3. The van der Waals surface area contributed by atoms with Gasteiger partial charge in [-0.3, -0.25) is 4.68 Å². The monoisotopic (exact) mass is 279 g/mol. The van der Waals surface area contributed by atoms with Crippen LogP contribution in [-0.2, 0) is 19.4 Å². The smallest absolute Gasteiger partial charge is 0.0672 e. The van der Waals surface area contributed by atoms with Crippen LogP contribution >= 0.6 is 0 Å². The molecule has 0 bridgehead atoms. The van der Waals surface area contributed by atoms with Gasteiger partial charge in [-0.25, -0.2) is 0 Å². The van der Waals surface area contributed by atoms with Crippen LogP contribution in [0.1, 0.15) is 77.4 Å². The van der Waals surface area contributed by atoms with Crippen molar-refractivity contribution in [3.63, 3.8) is 0 Å². The largest absolute Gasteiger partial charge is 0.310 e. The lowest BCUT2D eigenvalue weighted by Gasteiger charge is -2.19. The van der Waals surface area contributed by atoms with Crippen molar-refractivity contribution in [2.45, 2.75) is 79.8 Å². The Balaban J connectivity index is 3.19. The summed E-state index contributed by atoms with van der Waals surface area (Å²) in [6, 6.07) is 0.454. The molecule has 3 heteroatoms. The van der Waals surface area contributed by atoms with E-state index in [0.29, 0.717) is 12.0 Å². The van der Waals surface area contributed by atoms with E-state index in [1.165, 1.54) is 23.4 Å². The molecule has 2 unspecified atom stereocenters. The van der Waals surface area contributed by atoms with E-state index in [1.54, 1.807) is 0 Å². The summed E-state index contributed by atoms with van der Waals surface area (Å²) in [6.07, 6.45) is 4.44. The van der Waals surface area contributed by atoms with Gasteiger partial charge < -0.3 is 5.32 Å². The third kappa shape index (κ3) is 3.85. The van der Waals surface area contributed by atoms with E-state index in [9.17, 15) is 0 Å². The van der Waals surface area contributed by atoms with Crippen LogP contribution in [0.2, 0.25) is 0 Å². The molecule has 1 aromatic rings. The van der Waals surface area contributed by atoms with Crippen LogP contribution in [0.15, 0.2) is 0 Å². The number of nitrogens with zero attached hydrogens (tertiary/aromatic N) is 2. The van der Waals surface area contributed by atoms with Crippen molar-refractivity contribution in [2.24, 2.45) is 5.92 Å². The summed E-state index contributed by atoms with van der Waals surface area (Å²) in [6.45, 7) is 15.6. The molecule has 0 saturated heterocycles. The minimum Gasteiger partial charge on any atom is -0.310 e. The fourth-order valence-electron chi connectivity index (χ4n) is 2.87. The Morgan fingerprint density at radius 1 is 1.05 bits per heavy atom. The Bertz CT molecular complexity index is 395. The van der Waals surface area contributed by atoms with Crippen molar-refractivity contribution in [2.75, 3.05) is 6.54 Å². The predicted molar refractivity (Wildman–Crippen MR) is 87.1 cm³/mol. The molecular formula is C17H33N3. The van der Waals surface area contributed by atoms with Crippen LogP contribution < -0.4 is 5.32 Å². The Morgan fingerprint density at radius 2 is 1.75 bits per heavy atom. The topological polar surface area (TPSA) is 29.9 Å². The van der Waals surface area contributed by atoms with E-state index in [4.69, 9.17) is 5.10 Å². The lowest BCUT2D eigenvalue weighted by atomic mass is 9.99. The molecule has 1 rings (SSSR count). The second-order valence-electron chi connectivity index (χ2n) is 5.73. The maximum Gasteiger partial charge on any atom is 0.0672 e. The van der Waals surface area contributed by atoms with E-state index in [2.05, 4.69) is 51.5 Å². The zero-order valence-corrected chi connectivity index (χ0v) is 14.3. The summed E-state index contributed by atoms with van der Waals surface area (Å²) in [4.78, 5) is 0. The molecule has 0 amide bonds. The first-order chi connectivity index (χ1) is 9.62. The molecule has 0 saturated carbocycles. The van der Waals surface area contributed by atoms with Gasteiger partial charge in [0.05, 0.1) is 5.69 Å². The molecular weight excluding hydrogens is 246 g/mol. The number of hydrogen-bond acceptors (Lipinski definition) is 2. The number of nitrogens with one attached hydrogen (secondary N) is 1. The Morgan fingerprint density at radius 3 is 2.20 bits per heavy atom. The van der Waals surface area contributed by atoms with Gasteiger partial charge in [-0.1, -0.05) is 48.0 Å². The van der Waals surface area contributed by atoms with Crippen LogP contribution in [0, 0.1) is 5.92 Å². The zero-order chi connectivity index (χ0) is 15.1. The second-order valence-corrected chi connectivity index (χ2v) is 5.73. The first kappa shape index (κ1) is 17.2. The first-order valence-electron chi connectivity index (χ1n) is 8.44. The average Bonchev–Trinajstić information content (AvgIpc) is 2.81. The highest BCUT2D eigenvalue weighted by molar-refractivity contribution is 5.30. The summed E-state index contributed by atoms with van der Waals surface area (Å²) in [5, 5.41) is 8.54. The van der Waals surface area contributed by atoms with Crippen LogP contribution in [0.3, 0.4) is 0 Å².